The zero-order chi connectivity index (χ0) is 14.8. The summed E-state index contributed by atoms with van der Waals surface area (Å²) < 4.78 is 50.4. The van der Waals surface area contributed by atoms with Gasteiger partial charge in [-0.3, -0.25) is 9.18 Å². The van der Waals surface area contributed by atoms with Crippen LogP contribution in [0.5, 0.6) is 0 Å². The van der Waals surface area contributed by atoms with Crippen molar-refractivity contribution in [2.45, 2.75) is 30.6 Å². The summed E-state index contributed by atoms with van der Waals surface area (Å²) in [4.78, 5) is 10.7. The van der Waals surface area contributed by atoms with Crippen molar-refractivity contribution < 1.29 is 22.0 Å². The normalized spacial score (nSPS) is 15.0. The second-order valence-corrected chi connectivity index (χ2v) is 6.91. The van der Waals surface area contributed by atoms with Gasteiger partial charge in [0.2, 0.25) is 0 Å². The molecule has 1 rings (SSSR count). The van der Waals surface area contributed by atoms with E-state index in [9.17, 15) is 22.0 Å². The number of carbonyl (C=O) groups excluding carboxylic acids is 1. The summed E-state index contributed by atoms with van der Waals surface area (Å²) in [6, 6.07) is 3.67. The highest BCUT2D eigenvalue weighted by Crippen LogP contribution is 2.34. The highest BCUT2D eigenvalue weighted by Gasteiger charge is 2.34. The fraction of sp³-hybridized carbons (Fsp3) is 0.462. The molecule has 1 aromatic rings. The Morgan fingerprint density at radius 2 is 1.95 bits per heavy atom. The fourth-order valence-corrected chi connectivity index (χ4v) is 3.26. The van der Waals surface area contributed by atoms with Crippen molar-refractivity contribution in [3.05, 3.63) is 29.6 Å². The lowest BCUT2D eigenvalue weighted by Crippen LogP contribution is -2.30. The first-order valence-electron chi connectivity index (χ1n) is 5.66. The average molecular weight is 290 g/mol. The molecule has 0 saturated heterocycles. The average Bonchev–Trinajstić information content (AvgIpc) is 2.25. The van der Waals surface area contributed by atoms with E-state index >= 15 is 0 Å². The molecule has 0 amide bonds. The van der Waals surface area contributed by atoms with Crippen LogP contribution in [0.2, 0.25) is 0 Å². The summed E-state index contributed by atoms with van der Waals surface area (Å²) in [5.74, 6) is -1.22. The predicted octanol–water partition coefficient (Wildman–Crippen LogP) is 2.44. The topological polar surface area (TPSA) is 51.2 Å². The van der Waals surface area contributed by atoms with E-state index in [1.807, 2.05) is 0 Å². The van der Waals surface area contributed by atoms with Crippen molar-refractivity contribution in [3.8, 4) is 0 Å². The van der Waals surface area contributed by atoms with E-state index in [0.29, 0.717) is 0 Å². The highest BCUT2D eigenvalue weighted by atomic mass is 32.2. The molecule has 106 valence electrons. The number of alkyl halides is 1. The summed E-state index contributed by atoms with van der Waals surface area (Å²) in [7, 11) is -3.85. The van der Waals surface area contributed by atoms with Gasteiger partial charge in [-0.1, -0.05) is 19.1 Å². The summed E-state index contributed by atoms with van der Waals surface area (Å²) in [5, 5.41) is 0. The van der Waals surface area contributed by atoms with E-state index < -0.39 is 32.6 Å². The van der Waals surface area contributed by atoms with Gasteiger partial charge < -0.3 is 0 Å². The molecule has 0 aliphatic heterocycles. The van der Waals surface area contributed by atoms with Crippen LogP contribution in [-0.2, 0) is 20.0 Å². The van der Waals surface area contributed by atoms with Crippen LogP contribution >= 0.6 is 0 Å². The molecule has 0 aliphatic rings. The van der Waals surface area contributed by atoms with Crippen LogP contribution in [0.4, 0.5) is 8.78 Å². The standard InChI is InChI=1S/C13H16F2O3S/c1-9(16)7-13(2,8-14)10-5-4-6-11(15)12(10)19(3,17)18/h4-6H,7-8H2,1-3H3. The molecule has 6 heteroatoms. The summed E-state index contributed by atoms with van der Waals surface area (Å²) in [6.07, 6.45) is 0.677. The maximum absolute atomic E-state index is 13.8. The molecular weight excluding hydrogens is 274 g/mol. The molecule has 0 heterocycles. The van der Waals surface area contributed by atoms with Crippen molar-refractivity contribution in [1.29, 1.82) is 0 Å². The number of benzene rings is 1. The van der Waals surface area contributed by atoms with Gasteiger partial charge in [-0.2, -0.15) is 0 Å². The molecule has 0 bridgehead atoms. The summed E-state index contributed by atoms with van der Waals surface area (Å²) in [6.45, 7) is 1.75. The minimum absolute atomic E-state index is 0.00713. The van der Waals surface area contributed by atoms with Crippen molar-refractivity contribution >= 4 is 15.6 Å². The molecule has 0 fully saturated rings. The smallest absolute Gasteiger partial charge is 0.178 e. The van der Waals surface area contributed by atoms with Crippen LogP contribution in [0.25, 0.3) is 0 Å². The number of carbonyl (C=O) groups is 1. The third-order valence-corrected chi connectivity index (χ3v) is 4.08. The van der Waals surface area contributed by atoms with Gasteiger partial charge >= 0.3 is 0 Å². The van der Waals surface area contributed by atoms with E-state index in [-0.39, 0.29) is 17.8 Å². The third kappa shape index (κ3) is 3.37. The molecule has 19 heavy (non-hydrogen) atoms. The van der Waals surface area contributed by atoms with E-state index in [0.717, 1.165) is 12.3 Å². The Hall–Kier alpha value is -1.30. The van der Waals surface area contributed by atoms with Crippen LogP contribution in [-0.4, -0.2) is 27.1 Å². The summed E-state index contributed by atoms with van der Waals surface area (Å²) >= 11 is 0. The maximum Gasteiger partial charge on any atom is 0.178 e. The number of halogens is 2. The molecular formula is C13H16F2O3S. The second-order valence-electron chi connectivity index (χ2n) is 4.96. The second kappa shape index (κ2) is 5.36. The Morgan fingerprint density at radius 1 is 1.37 bits per heavy atom. The minimum atomic E-state index is -3.85. The Balaban J connectivity index is 3.58. The number of rotatable bonds is 5. The number of hydrogen-bond acceptors (Lipinski definition) is 3. The molecule has 3 nitrogen and oxygen atoms in total. The Kier molecular flexibility index (Phi) is 4.45. The first-order valence-corrected chi connectivity index (χ1v) is 7.55. The van der Waals surface area contributed by atoms with Crippen LogP contribution in [0.3, 0.4) is 0 Å². The Morgan fingerprint density at radius 3 is 2.37 bits per heavy atom. The van der Waals surface area contributed by atoms with Gasteiger partial charge in [0, 0.05) is 18.1 Å². The maximum atomic E-state index is 13.8. The first-order chi connectivity index (χ1) is 8.62. The van der Waals surface area contributed by atoms with Crippen molar-refractivity contribution in [2.24, 2.45) is 0 Å². The lowest BCUT2D eigenvalue weighted by Gasteiger charge is -2.27. The zero-order valence-corrected chi connectivity index (χ0v) is 11.9. The lowest BCUT2D eigenvalue weighted by atomic mass is 9.79. The van der Waals surface area contributed by atoms with Crippen molar-refractivity contribution in [3.63, 3.8) is 0 Å². The molecule has 1 atom stereocenters. The predicted molar refractivity (Wildman–Crippen MR) is 68.1 cm³/mol. The van der Waals surface area contributed by atoms with Gasteiger partial charge in [0.05, 0.1) is 6.67 Å². The zero-order valence-electron chi connectivity index (χ0n) is 11.0. The molecule has 0 saturated carbocycles. The third-order valence-electron chi connectivity index (χ3n) is 2.92. The number of Topliss-reactive ketones (excluding diaryl/α,β-unsaturated/α-hetero) is 1. The molecule has 0 radical (unpaired) electrons. The minimum Gasteiger partial charge on any atom is -0.300 e. The van der Waals surface area contributed by atoms with Gasteiger partial charge in [0.25, 0.3) is 0 Å². The van der Waals surface area contributed by atoms with Crippen molar-refractivity contribution in [2.75, 3.05) is 12.9 Å². The van der Waals surface area contributed by atoms with Gasteiger partial charge in [0.15, 0.2) is 9.84 Å². The Bertz CT molecular complexity index is 596. The van der Waals surface area contributed by atoms with Crippen LogP contribution < -0.4 is 0 Å². The molecule has 1 aromatic carbocycles. The van der Waals surface area contributed by atoms with Gasteiger partial charge in [-0.05, 0) is 18.6 Å². The van der Waals surface area contributed by atoms with Crippen LogP contribution in [0, 0.1) is 5.82 Å². The number of hydrogen-bond donors (Lipinski definition) is 0. The number of ketones is 1. The molecule has 0 aromatic heterocycles. The van der Waals surface area contributed by atoms with Crippen molar-refractivity contribution in [1.82, 2.24) is 0 Å². The van der Waals surface area contributed by atoms with E-state index in [1.165, 1.54) is 26.0 Å². The first kappa shape index (κ1) is 15.8. The number of sulfone groups is 1. The monoisotopic (exact) mass is 290 g/mol. The summed E-state index contributed by atoms with van der Waals surface area (Å²) in [5.41, 5.74) is -1.33. The molecule has 1 unspecified atom stereocenters. The van der Waals surface area contributed by atoms with Gasteiger partial charge in [-0.25, -0.2) is 12.8 Å². The quantitative estimate of drug-likeness (QED) is 0.837. The lowest BCUT2D eigenvalue weighted by molar-refractivity contribution is -0.118. The van der Waals surface area contributed by atoms with E-state index in [1.54, 1.807) is 0 Å². The largest absolute Gasteiger partial charge is 0.300 e. The van der Waals surface area contributed by atoms with Gasteiger partial charge in [-0.15, -0.1) is 0 Å². The van der Waals surface area contributed by atoms with Gasteiger partial charge in [0.1, 0.15) is 16.5 Å². The SMILES string of the molecule is CC(=O)CC(C)(CF)c1cccc(F)c1S(C)(=O)=O. The Labute approximate surface area is 111 Å². The molecule has 0 N–H and O–H groups in total. The fourth-order valence-electron chi connectivity index (χ4n) is 2.12. The van der Waals surface area contributed by atoms with Crippen LogP contribution in [0.15, 0.2) is 23.1 Å². The van der Waals surface area contributed by atoms with Crippen LogP contribution in [0.1, 0.15) is 25.8 Å². The highest BCUT2D eigenvalue weighted by molar-refractivity contribution is 7.90. The molecule has 0 spiro atoms. The molecule has 0 aliphatic carbocycles. The van der Waals surface area contributed by atoms with E-state index in [4.69, 9.17) is 0 Å². The van der Waals surface area contributed by atoms with E-state index in [2.05, 4.69) is 0 Å².